The molecule has 2 heterocycles. The zero-order valence-corrected chi connectivity index (χ0v) is 24.7. The van der Waals surface area contributed by atoms with Gasteiger partial charge in [-0.25, -0.2) is 4.79 Å². The summed E-state index contributed by atoms with van der Waals surface area (Å²) >= 11 is 3.71. The number of nitrogens with one attached hydrogen (secondary N) is 3. The van der Waals surface area contributed by atoms with E-state index in [1.165, 1.54) is 0 Å². The Morgan fingerprint density at radius 1 is 1.10 bits per heavy atom. The van der Waals surface area contributed by atoms with Gasteiger partial charge in [0.25, 0.3) is 0 Å². The van der Waals surface area contributed by atoms with Crippen LogP contribution in [-0.4, -0.2) is 36.5 Å². The minimum Gasteiger partial charge on any atom is -0.455 e. The van der Waals surface area contributed by atoms with Crippen LogP contribution >= 0.6 is 15.9 Å². The molecule has 212 valence electrons. The highest BCUT2D eigenvalue weighted by Crippen LogP contribution is 2.41. The highest BCUT2D eigenvalue weighted by molar-refractivity contribution is 9.10. The van der Waals surface area contributed by atoms with Crippen molar-refractivity contribution >= 4 is 56.1 Å². The summed E-state index contributed by atoms with van der Waals surface area (Å²) in [4.78, 5) is 40.3. The normalized spacial score (nSPS) is 15.3. The van der Waals surface area contributed by atoms with E-state index in [2.05, 4.69) is 31.9 Å². The molecule has 1 atom stereocenters. The van der Waals surface area contributed by atoms with Crippen molar-refractivity contribution in [2.75, 3.05) is 17.3 Å². The molecule has 41 heavy (non-hydrogen) atoms. The van der Waals surface area contributed by atoms with Crippen LogP contribution in [-0.2, 0) is 22.6 Å². The van der Waals surface area contributed by atoms with E-state index in [0.29, 0.717) is 36.4 Å². The van der Waals surface area contributed by atoms with Gasteiger partial charge in [0.2, 0.25) is 11.8 Å². The number of carbonyl (C=O) groups is 3. The fourth-order valence-electron chi connectivity index (χ4n) is 4.90. The second kappa shape index (κ2) is 11.4. The topological polar surface area (TPSA) is 130 Å². The standard InChI is InChI=1S/C31H32BrN5O4/c1-31(2,33)29(39)35-23-14-13-19-8-4-7-11-24(19)37(28(23)38)17-18-12-15-25-21(16-18)26(32)27(41-25)20-9-5-6-10-22(20)36-30(40)34-3/h4-12,15-16,23H,13-14,17,33H2,1-3H3,(H,35,39)(H2,34,36,40)/t23-/m1/s1. The molecule has 0 radical (unpaired) electrons. The molecule has 5 rings (SSSR count). The summed E-state index contributed by atoms with van der Waals surface area (Å²) in [5.74, 6) is 0.0190. The number of anilines is 2. The van der Waals surface area contributed by atoms with E-state index in [4.69, 9.17) is 10.2 Å². The molecule has 10 heteroatoms. The van der Waals surface area contributed by atoms with Crippen LogP contribution < -0.4 is 26.6 Å². The second-order valence-electron chi connectivity index (χ2n) is 10.7. The first kappa shape index (κ1) is 28.4. The van der Waals surface area contributed by atoms with Gasteiger partial charge in [-0.15, -0.1) is 0 Å². The van der Waals surface area contributed by atoms with Crippen molar-refractivity contribution in [3.8, 4) is 11.3 Å². The van der Waals surface area contributed by atoms with E-state index in [0.717, 1.165) is 32.2 Å². The highest BCUT2D eigenvalue weighted by Gasteiger charge is 2.34. The van der Waals surface area contributed by atoms with Gasteiger partial charge in [0.1, 0.15) is 11.6 Å². The number of nitrogens with zero attached hydrogens (tertiary/aromatic N) is 1. The lowest BCUT2D eigenvalue weighted by Gasteiger charge is -2.28. The molecular weight excluding hydrogens is 586 g/mol. The minimum absolute atomic E-state index is 0.186. The molecule has 1 aromatic heterocycles. The van der Waals surface area contributed by atoms with Crippen LogP contribution in [0.5, 0.6) is 0 Å². The lowest BCUT2D eigenvalue weighted by Crippen LogP contribution is -2.56. The third kappa shape index (κ3) is 5.84. The average Bonchev–Trinajstić information content (AvgIpc) is 3.22. The van der Waals surface area contributed by atoms with E-state index >= 15 is 0 Å². The highest BCUT2D eigenvalue weighted by atomic mass is 79.9. The van der Waals surface area contributed by atoms with Gasteiger partial charge in [0, 0.05) is 23.7 Å². The van der Waals surface area contributed by atoms with Crippen molar-refractivity contribution < 1.29 is 18.8 Å². The van der Waals surface area contributed by atoms with Crippen molar-refractivity contribution in [1.82, 2.24) is 10.6 Å². The van der Waals surface area contributed by atoms with Crippen LogP contribution in [0.1, 0.15) is 31.4 Å². The molecule has 4 aromatic rings. The molecule has 3 aromatic carbocycles. The van der Waals surface area contributed by atoms with E-state index in [1.807, 2.05) is 60.7 Å². The minimum atomic E-state index is -1.10. The first-order chi connectivity index (χ1) is 19.6. The Balaban J connectivity index is 1.49. The number of amides is 4. The maximum atomic E-state index is 13.8. The van der Waals surface area contributed by atoms with Gasteiger partial charge in [-0.05, 0) is 84.1 Å². The molecule has 0 fully saturated rings. The number of benzene rings is 3. The van der Waals surface area contributed by atoms with E-state index in [-0.39, 0.29) is 17.8 Å². The first-order valence-corrected chi connectivity index (χ1v) is 14.1. The number of furan rings is 1. The largest absolute Gasteiger partial charge is 0.455 e. The number of aryl methyl sites for hydroxylation is 1. The van der Waals surface area contributed by atoms with Crippen LogP contribution in [0.2, 0.25) is 0 Å². The molecule has 0 saturated carbocycles. The van der Waals surface area contributed by atoms with Crippen molar-refractivity contribution in [2.24, 2.45) is 5.73 Å². The number of para-hydroxylation sites is 2. The van der Waals surface area contributed by atoms with Crippen LogP contribution in [0.15, 0.2) is 75.6 Å². The number of halogens is 1. The van der Waals surface area contributed by atoms with Gasteiger partial charge >= 0.3 is 6.03 Å². The van der Waals surface area contributed by atoms with Crippen molar-refractivity contribution in [2.45, 2.75) is 44.8 Å². The lowest BCUT2D eigenvalue weighted by atomic mass is 10.0. The third-order valence-electron chi connectivity index (χ3n) is 7.12. The average molecular weight is 619 g/mol. The fraction of sp³-hybridized carbons (Fsp3) is 0.258. The molecule has 0 bridgehead atoms. The number of nitrogens with two attached hydrogens (primary N) is 1. The fourth-order valence-corrected chi connectivity index (χ4v) is 5.51. The zero-order valence-electron chi connectivity index (χ0n) is 23.1. The van der Waals surface area contributed by atoms with Crippen LogP contribution in [0.4, 0.5) is 16.2 Å². The molecule has 5 N–H and O–H groups in total. The monoisotopic (exact) mass is 617 g/mol. The summed E-state index contributed by atoms with van der Waals surface area (Å²) in [5.41, 5.74) is 9.63. The van der Waals surface area contributed by atoms with Gasteiger partial charge in [-0.3, -0.25) is 9.59 Å². The maximum Gasteiger partial charge on any atom is 0.318 e. The number of carbonyl (C=O) groups excluding carboxylic acids is 3. The van der Waals surface area contributed by atoms with E-state index in [9.17, 15) is 14.4 Å². The van der Waals surface area contributed by atoms with Crippen LogP contribution in [0.3, 0.4) is 0 Å². The van der Waals surface area contributed by atoms with E-state index < -0.39 is 11.6 Å². The van der Waals surface area contributed by atoms with Gasteiger partial charge in [0.05, 0.1) is 22.2 Å². The molecule has 9 nitrogen and oxygen atoms in total. The summed E-state index contributed by atoms with van der Waals surface area (Å²) in [6, 6.07) is 20.0. The first-order valence-electron chi connectivity index (χ1n) is 13.3. The molecular formula is C31H32BrN5O4. The Morgan fingerprint density at radius 3 is 2.59 bits per heavy atom. The third-order valence-corrected chi connectivity index (χ3v) is 7.91. The molecule has 0 saturated heterocycles. The zero-order chi connectivity index (χ0) is 29.3. The molecule has 0 spiro atoms. The summed E-state index contributed by atoms with van der Waals surface area (Å²) in [6.45, 7) is 3.54. The van der Waals surface area contributed by atoms with Crippen molar-refractivity contribution in [3.05, 3.63) is 82.3 Å². The Kier molecular flexibility index (Phi) is 7.88. The summed E-state index contributed by atoms with van der Waals surface area (Å²) in [5, 5.41) is 9.09. The summed E-state index contributed by atoms with van der Waals surface area (Å²) < 4.78 is 6.95. The predicted molar refractivity (Wildman–Crippen MR) is 164 cm³/mol. The molecule has 0 unspecified atom stereocenters. The number of hydrogen-bond donors (Lipinski definition) is 4. The molecule has 1 aliphatic rings. The van der Waals surface area contributed by atoms with Gasteiger partial charge in [-0.2, -0.15) is 0 Å². The smallest absolute Gasteiger partial charge is 0.318 e. The molecule has 1 aliphatic heterocycles. The van der Waals surface area contributed by atoms with E-state index in [1.54, 1.807) is 31.9 Å². The number of rotatable bonds is 6. The predicted octanol–water partition coefficient (Wildman–Crippen LogP) is 5.32. The van der Waals surface area contributed by atoms with Crippen molar-refractivity contribution in [1.29, 1.82) is 0 Å². The number of urea groups is 1. The number of hydrogen-bond acceptors (Lipinski definition) is 5. The Hall–Kier alpha value is -4.15. The Bertz CT molecular complexity index is 1640. The number of fused-ring (bicyclic) bond motifs is 2. The van der Waals surface area contributed by atoms with Gasteiger partial charge < -0.3 is 31.0 Å². The Labute approximate surface area is 246 Å². The molecule has 0 aliphatic carbocycles. The summed E-state index contributed by atoms with van der Waals surface area (Å²) in [6.07, 6.45) is 1.13. The lowest BCUT2D eigenvalue weighted by molar-refractivity contribution is -0.130. The van der Waals surface area contributed by atoms with Gasteiger partial charge in [0.15, 0.2) is 5.76 Å². The van der Waals surface area contributed by atoms with Crippen LogP contribution in [0.25, 0.3) is 22.3 Å². The quantitative estimate of drug-likeness (QED) is 0.233. The van der Waals surface area contributed by atoms with Crippen molar-refractivity contribution in [3.63, 3.8) is 0 Å². The maximum absolute atomic E-state index is 13.8. The molecule has 4 amide bonds. The van der Waals surface area contributed by atoms with Crippen LogP contribution in [0, 0.1) is 0 Å². The summed E-state index contributed by atoms with van der Waals surface area (Å²) in [7, 11) is 1.55. The van der Waals surface area contributed by atoms with Gasteiger partial charge in [-0.1, -0.05) is 36.4 Å². The second-order valence-corrected chi connectivity index (χ2v) is 11.5. The SMILES string of the molecule is CNC(=O)Nc1ccccc1-c1oc2ccc(CN3C(=O)[C@H](NC(=O)C(C)(C)N)CCc4ccccc43)cc2c1Br. The Morgan fingerprint density at radius 2 is 1.83 bits per heavy atom.